The second-order valence-electron chi connectivity index (χ2n) is 7.01. The minimum atomic E-state index is -0.210. The van der Waals surface area contributed by atoms with Crippen LogP contribution in [0.2, 0.25) is 0 Å². The Bertz CT molecular complexity index is 566. The van der Waals surface area contributed by atoms with Crippen LogP contribution in [0.5, 0.6) is 0 Å². The number of likely N-dealkylation sites (tertiary alicyclic amines) is 1. The fraction of sp³-hybridized carbons (Fsp3) is 0.722. The van der Waals surface area contributed by atoms with Gasteiger partial charge in [0, 0.05) is 38.4 Å². The van der Waals surface area contributed by atoms with Gasteiger partial charge in [0.15, 0.2) is 0 Å². The highest BCUT2D eigenvalue weighted by molar-refractivity contribution is 5.67. The molecule has 0 bridgehead atoms. The molecule has 0 spiro atoms. The van der Waals surface area contributed by atoms with Gasteiger partial charge in [-0.2, -0.15) is 4.98 Å². The summed E-state index contributed by atoms with van der Waals surface area (Å²) in [6.45, 7) is 8.12. The lowest BCUT2D eigenvalue weighted by Gasteiger charge is -2.32. The zero-order valence-corrected chi connectivity index (χ0v) is 15.3. The molecule has 3 heterocycles. The third kappa shape index (κ3) is 4.74. The first kappa shape index (κ1) is 17.8. The molecule has 2 saturated heterocycles. The summed E-state index contributed by atoms with van der Waals surface area (Å²) in [7, 11) is 0. The number of nitrogens with zero attached hydrogens (tertiary/aromatic N) is 4. The number of rotatable bonds is 4. The van der Waals surface area contributed by atoms with Crippen molar-refractivity contribution in [2.75, 3.05) is 43.0 Å². The Balaban J connectivity index is 1.52. The molecule has 138 valence electrons. The van der Waals surface area contributed by atoms with Crippen molar-refractivity contribution in [3.05, 3.63) is 12.3 Å². The Morgan fingerprint density at radius 3 is 2.64 bits per heavy atom. The van der Waals surface area contributed by atoms with E-state index in [1.54, 1.807) is 4.90 Å². The zero-order valence-electron chi connectivity index (χ0n) is 15.3. The molecule has 0 saturated carbocycles. The summed E-state index contributed by atoms with van der Waals surface area (Å²) >= 11 is 0. The van der Waals surface area contributed by atoms with E-state index in [0.717, 1.165) is 37.7 Å². The summed E-state index contributed by atoms with van der Waals surface area (Å²) in [5.41, 5.74) is 0. The van der Waals surface area contributed by atoms with Crippen molar-refractivity contribution in [3.63, 3.8) is 0 Å². The fourth-order valence-electron chi connectivity index (χ4n) is 3.44. The van der Waals surface area contributed by atoms with Crippen molar-refractivity contribution in [3.8, 4) is 0 Å². The molecule has 1 amide bonds. The highest BCUT2D eigenvalue weighted by Gasteiger charge is 2.24. The number of amides is 1. The molecule has 1 aromatic heterocycles. The number of aromatic nitrogens is 2. The van der Waals surface area contributed by atoms with Crippen LogP contribution in [0, 0.1) is 5.92 Å². The van der Waals surface area contributed by atoms with Gasteiger partial charge in [0.25, 0.3) is 0 Å². The molecular formula is C18H29N5O2. The Morgan fingerprint density at radius 1 is 1.24 bits per heavy atom. The van der Waals surface area contributed by atoms with Crippen LogP contribution in [0.4, 0.5) is 16.6 Å². The number of carbonyl (C=O) groups excluding carboxylic acids is 1. The van der Waals surface area contributed by atoms with Crippen LogP contribution in [-0.4, -0.2) is 59.8 Å². The summed E-state index contributed by atoms with van der Waals surface area (Å²) in [5, 5.41) is 3.43. The van der Waals surface area contributed by atoms with Gasteiger partial charge < -0.3 is 19.9 Å². The van der Waals surface area contributed by atoms with E-state index in [1.807, 2.05) is 19.2 Å². The Morgan fingerprint density at radius 2 is 1.96 bits per heavy atom. The molecule has 1 aromatic rings. The lowest BCUT2D eigenvalue weighted by Crippen LogP contribution is -2.42. The molecule has 2 aliphatic heterocycles. The third-order valence-corrected chi connectivity index (χ3v) is 5.10. The fourth-order valence-corrected chi connectivity index (χ4v) is 3.44. The van der Waals surface area contributed by atoms with Gasteiger partial charge >= 0.3 is 6.09 Å². The van der Waals surface area contributed by atoms with E-state index in [2.05, 4.69) is 22.1 Å². The van der Waals surface area contributed by atoms with Gasteiger partial charge in [0.05, 0.1) is 6.61 Å². The number of anilines is 2. The molecular weight excluding hydrogens is 318 g/mol. The van der Waals surface area contributed by atoms with Crippen LogP contribution in [0.25, 0.3) is 0 Å². The normalized spacial score (nSPS) is 19.8. The minimum absolute atomic E-state index is 0.210. The summed E-state index contributed by atoms with van der Waals surface area (Å²) in [5.74, 6) is 2.50. The predicted octanol–water partition coefficient (Wildman–Crippen LogP) is 2.75. The maximum atomic E-state index is 11.8. The van der Waals surface area contributed by atoms with E-state index < -0.39 is 0 Å². The molecule has 0 atom stereocenters. The molecule has 25 heavy (non-hydrogen) atoms. The van der Waals surface area contributed by atoms with Crippen LogP contribution in [0.15, 0.2) is 12.3 Å². The van der Waals surface area contributed by atoms with Crippen molar-refractivity contribution in [2.45, 2.75) is 45.6 Å². The van der Waals surface area contributed by atoms with E-state index in [0.29, 0.717) is 31.7 Å². The maximum absolute atomic E-state index is 11.8. The van der Waals surface area contributed by atoms with E-state index in [-0.39, 0.29) is 6.09 Å². The van der Waals surface area contributed by atoms with Crippen LogP contribution in [0.1, 0.15) is 39.5 Å². The number of hydrogen-bond donors (Lipinski definition) is 1. The molecule has 1 N–H and O–H groups in total. The van der Waals surface area contributed by atoms with Crippen LogP contribution >= 0.6 is 0 Å². The van der Waals surface area contributed by atoms with Crippen molar-refractivity contribution in [1.29, 1.82) is 0 Å². The van der Waals surface area contributed by atoms with E-state index in [4.69, 9.17) is 9.72 Å². The lowest BCUT2D eigenvalue weighted by molar-refractivity contribution is 0.0983. The first-order valence-corrected chi connectivity index (χ1v) is 9.42. The second kappa shape index (κ2) is 8.36. The second-order valence-corrected chi connectivity index (χ2v) is 7.01. The van der Waals surface area contributed by atoms with Crippen molar-refractivity contribution >= 4 is 17.9 Å². The van der Waals surface area contributed by atoms with E-state index in [1.165, 1.54) is 12.8 Å². The average Bonchev–Trinajstić information content (AvgIpc) is 2.63. The number of ether oxygens (including phenoxy) is 1. The molecule has 7 nitrogen and oxygen atoms in total. The Kier molecular flexibility index (Phi) is 5.94. The number of carbonyl (C=O) groups is 1. The lowest BCUT2D eigenvalue weighted by atomic mass is 9.99. The van der Waals surface area contributed by atoms with Gasteiger partial charge in [-0.05, 0) is 44.6 Å². The third-order valence-electron chi connectivity index (χ3n) is 5.10. The van der Waals surface area contributed by atoms with Gasteiger partial charge in [-0.25, -0.2) is 9.78 Å². The molecule has 0 aromatic carbocycles. The van der Waals surface area contributed by atoms with Gasteiger partial charge in [-0.3, -0.25) is 0 Å². The number of nitrogens with one attached hydrogen (secondary N) is 1. The number of hydrogen-bond acceptors (Lipinski definition) is 6. The number of piperidine rings is 2. The van der Waals surface area contributed by atoms with Gasteiger partial charge in [-0.1, -0.05) is 6.92 Å². The van der Waals surface area contributed by atoms with Gasteiger partial charge in [0.1, 0.15) is 5.82 Å². The highest BCUT2D eigenvalue weighted by atomic mass is 16.6. The monoisotopic (exact) mass is 347 g/mol. The summed E-state index contributed by atoms with van der Waals surface area (Å²) in [6.07, 6.45) is 5.83. The highest BCUT2D eigenvalue weighted by Crippen LogP contribution is 2.22. The molecule has 2 fully saturated rings. The SMILES string of the molecule is CCOC(=O)N1CCC(Nc2nccc(N3CCC(C)CC3)n2)CC1. The molecule has 3 rings (SSSR count). The Labute approximate surface area is 149 Å². The first-order chi connectivity index (χ1) is 12.2. The summed E-state index contributed by atoms with van der Waals surface area (Å²) in [4.78, 5) is 24.9. The zero-order chi connectivity index (χ0) is 17.6. The van der Waals surface area contributed by atoms with Crippen molar-refractivity contribution < 1.29 is 9.53 Å². The van der Waals surface area contributed by atoms with E-state index in [9.17, 15) is 4.79 Å². The maximum Gasteiger partial charge on any atom is 0.409 e. The molecule has 0 unspecified atom stereocenters. The van der Waals surface area contributed by atoms with Gasteiger partial charge in [0.2, 0.25) is 5.95 Å². The minimum Gasteiger partial charge on any atom is -0.450 e. The smallest absolute Gasteiger partial charge is 0.409 e. The Hall–Kier alpha value is -2.05. The van der Waals surface area contributed by atoms with Crippen LogP contribution in [-0.2, 0) is 4.74 Å². The predicted molar refractivity (Wildman–Crippen MR) is 97.9 cm³/mol. The topological polar surface area (TPSA) is 70.6 Å². The van der Waals surface area contributed by atoms with Crippen molar-refractivity contribution in [2.24, 2.45) is 5.92 Å². The molecule has 0 aliphatic carbocycles. The van der Waals surface area contributed by atoms with Crippen LogP contribution in [0.3, 0.4) is 0 Å². The summed E-state index contributed by atoms with van der Waals surface area (Å²) in [6, 6.07) is 2.28. The molecule has 0 radical (unpaired) electrons. The largest absolute Gasteiger partial charge is 0.450 e. The molecule has 2 aliphatic rings. The molecule has 7 heteroatoms. The van der Waals surface area contributed by atoms with Gasteiger partial charge in [-0.15, -0.1) is 0 Å². The van der Waals surface area contributed by atoms with E-state index >= 15 is 0 Å². The average molecular weight is 347 g/mol. The van der Waals surface area contributed by atoms with Crippen LogP contribution < -0.4 is 10.2 Å². The first-order valence-electron chi connectivity index (χ1n) is 9.42. The standard InChI is InChI=1S/C18H29N5O2/c1-3-25-18(24)23-12-7-15(8-13-23)20-17-19-9-4-16(21-17)22-10-5-14(2)6-11-22/h4,9,14-15H,3,5-8,10-13H2,1-2H3,(H,19,20,21). The summed E-state index contributed by atoms with van der Waals surface area (Å²) < 4.78 is 5.06. The van der Waals surface area contributed by atoms with Crippen molar-refractivity contribution in [1.82, 2.24) is 14.9 Å². The quantitative estimate of drug-likeness (QED) is 0.903.